The van der Waals surface area contributed by atoms with E-state index in [1.165, 1.54) is 12.1 Å². The fraction of sp³-hybridized carbons (Fsp3) is 0.312. The first kappa shape index (κ1) is 15.7. The molecule has 0 saturated carbocycles. The highest BCUT2D eigenvalue weighted by Crippen LogP contribution is 2.30. The van der Waals surface area contributed by atoms with Crippen LogP contribution in [-0.2, 0) is 11.3 Å². The van der Waals surface area contributed by atoms with Gasteiger partial charge in [0, 0.05) is 28.3 Å². The molecule has 3 rings (SSSR count). The van der Waals surface area contributed by atoms with Crippen molar-refractivity contribution < 1.29 is 9.18 Å². The molecule has 7 heteroatoms. The highest BCUT2D eigenvalue weighted by Gasteiger charge is 2.17. The van der Waals surface area contributed by atoms with Crippen LogP contribution in [0.4, 0.5) is 4.39 Å². The third-order valence-electron chi connectivity index (χ3n) is 3.56. The second-order valence-corrected chi connectivity index (χ2v) is 6.55. The first-order valence-electron chi connectivity index (χ1n) is 7.32. The number of hydrogen-bond acceptors (Lipinski definition) is 4. The molecule has 1 aliphatic heterocycles. The van der Waals surface area contributed by atoms with E-state index in [1.807, 2.05) is 19.9 Å². The molecule has 0 fully saturated rings. The normalized spacial score (nSPS) is 15.5. The van der Waals surface area contributed by atoms with Gasteiger partial charge in [-0.15, -0.1) is 11.8 Å². The van der Waals surface area contributed by atoms with Gasteiger partial charge in [0.15, 0.2) is 0 Å². The van der Waals surface area contributed by atoms with E-state index < -0.39 is 0 Å². The Labute approximate surface area is 138 Å². The highest BCUT2D eigenvalue weighted by molar-refractivity contribution is 7.99. The standard InChI is InChI=1S/C16H17FN4OS/c1-10-7-11(2)21(20-10)9-16(22)19-18-14-5-6-23-15-4-3-12(17)8-13(14)15/h3-4,7-8H,5-6,9H2,1-2H3,(H,19,22). The zero-order valence-corrected chi connectivity index (χ0v) is 13.8. The minimum atomic E-state index is -0.298. The van der Waals surface area contributed by atoms with E-state index in [0.29, 0.717) is 12.1 Å². The number of thioether (sulfide) groups is 1. The Morgan fingerprint density at radius 3 is 3.00 bits per heavy atom. The number of halogens is 1. The van der Waals surface area contributed by atoms with E-state index in [0.717, 1.165) is 27.6 Å². The topological polar surface area (TPSA) is 59.3 Å². The van der Waals surface area contributed by atoms with Gasteiger partial charge in [-0.1, -0.05) is 0 Å². The van der Waals surface area contributed by atoms with Crippen molar-refractivity contribution in [1.82, 2.24) is 15.2 Å². The number of aromatic nitrogens is 2. The zero-order chi connectivity index (χ0) is 16.4. The first-order valence-corrected chi connectivity index (χ1v) is 8.30. The Morgan fingerprint density at radius 2 is 2.26 bits per heavy atom. The number of amides is 1. The van der Waals surface area contributed by atoms with E-state index in [9.17, 15) is 9.18 Å². The molecule has 0 atom stereocenters. The molecule has 23 heavy (non-hydrogen) atoms. The number of fused-ring (bicyclic) bond motifs is 1. The molecule has 0 radical (unpaired) electrons. The number of aryl methyl sites for hydroxylation is 2. The minimum Gasteiger partial charge on any atom is -0.271 e. The Kier molecular flexibility index (Phi) is 4.47. The van der Waals surface area contributed by atoms with Crippen molar-refractivity contribution in [3.05, 3.63) is 47.0 Å². The summed E-state index contributed by atoms with van der Waals surface area (Å²) in [6, 6.07) is 6.57. The van der Waals surface area contributed by atoms with Gasteiger partial charge in [0.25, 0.3) is 5.91 Å². The quantitative estimate of drug-likeness (QED) is 0.879. The highest BCUT2D eigenvalue weighted by atomic mass is 32.2. The van der Waals surface area contributed by atoms with Crippen molar-refractivity contribution in [2.24, 2.45) is 5.10 Å². The second kappa shape index (κ2) is 6.54. The predicted molar refractivity (Wildman–Crippen MR) is 88.1 cm³/mol. The predicted octanol–water partition coefficient (Wildman–Crippen LogP) is 2.66. The molecule has 1 aromatic heterocycles. The summed E-state index contributed by atoms with van der Waals surface area (Å²) in [4.78, 5) is 13.0. The second-order valence-electron chi connectivity index (χ2n) is 5.42. The number of carbonyl (C=O) groups excluding carboxylic acids is 1. The maximum Gasteiger partial charge on any atom is 0.261 e. The van der Waals surface area contributed by atoms with Crippen LogP contribution in [0.3, 0.4) is 0 Å². The van der Waals surface area contributed by atoms with Crippen molar-refractivity contribution in [2.45, 2.75) is 31.7 Å². The van der Waals surface area contributed by atoms with Gasteiger partial charge in [0.2, 0.25) is 0 Å². The van der Waals surface area contributed by atoms with Crippen LogP contribution in [0.1, 0.15) is 23.4 Å². The largest absolute Gasteiger partial charge is 0.271 e. The van der Waals surface area contributed by atoms with E-state index in [2.05, 4.69) is 15.6 Å². The molecule has 0 saturated heterocycles. The van der Waals surface area contributed by atoms with E-state index in [4.69, 9.17) is 0 Å². The summed E-state index contributed by atoms with van der Waals surface area (Å²) in [6.45, 7) is 3.89. The van der Waals surface area contributed by atoms with Crippen LogP contribution in [0.5, 0.6) is 0 Å². The number of nitrogens with one attached hydrogen (secondary N) is 1. The molecule has 0 spiro atoms. The van der Waals surface area contributed by atoms with Crippen molar-refractivity contribution in [3.8, 4) is 0 Å². The van der Waals surface area contributed by atoms with E-state index in [1.54, 1.807) is 22.5 Å². The number of hydrogen-bond donors (Lipinski definition) is 1. The third-order valence-corrected chi connectivity index (χ3v) is 4.64. The van der Waals surface area contributed by atoms with Crippen LogP contribution in [0, 0.1) is 19.7 Å². The van der Waals surface area contributed by atoms with Crippen LogP contribution in [0.15, 0.2) is 34.3 Å². The number of benzene rings is 1. The molecule has 0 unspecified atom stereocenters. The lowest BCUT2D eigenvalue weighted by Gasteiger charge is -2.17. The SMILES string of the molecule is Cc1cc(C)n(CC(=O)NN=C2CCSc3ccc(F)cc32)n1. The molecule has 5 nitrogen and oxygen atoms in total. The van der Waals surface area contributed by atoms with E-state index >= 15 is 0 Å². The molecule has 1 aromatic carbocycles. The maximum atomic E-state index is 13.4. The molecule has 120 valence electrons. The molecule has 2 aromatic rings. The minimum absolute atomic E-state index is 0.112. The molecular formula is C16H17FN4OS. The Balaban J connectivity index is 1.72. The van der Waals surface area contributed by atoms with Crippen LogP contribution >= 0.6 is 11.8 Å². The lowest BCUT2D eigenvalue weighted by Crippen LogP contribution is -2.26. The molecule has 1 amide bonds. The molecule has 0 aliphatic carbocycles. The average Bonchev–Trinajstić information content (AvgIpc) is 2.82. The van der Waals surface area contributed by atoms with Crippen LogP contribution in [0.25, 0.3) is 0 Å². The summed E-state index contributed by atoms with van der Waals surface area (Å²) in [6.07, 6.45) is 0.696. The molecular weight excluding hydrogens is 315 g/mol. The average molecular weight is 332 g/mol. The zero-order valence-electron chi connectivity index (χ0n) is 13.0. The van der Waals surface area contributed by atoms with Gasteiger partial charge in [-0.3, -0.25) is 9.48 Å². The molecule has 0 bridgehead atoms. The van der Waals surface area contributed by atoms with Crippen LogP contribution in [0.2, 0.25) is 0 Å². The summed E-state index contributed by atoms with van der Waals surface area (Å²) >= 11 is 1.67. The number of rotatable bonds is 3. The van der Waals surface area contributed by atoms with Crippen molar-refractivity contribution in [3.63, 3.8) is 0 Å². The first-order chi connectivity index (χ1) is 11.0. The summed E-state index contributed by atoms with van der Waals surface area (Å²) in [5.74, 6) is 0.318. The van der Waals surface area contributed by atoms with Gasteiger partial charge in [-0.2, -0.15) is 10.2 Å². The lowest BCUT2D eigenvalue weighted by atomic mass is 10.1. The van der Waals surface area contributed by atoms with Crippen LogP contribution < -0.4 is 5.43 Å². The summed E-state index contributed by atoms with van der Waals surface area (Å²) in [5, 5.41) is 8.44. The summed E-state index contributed by atoms with van der Waals surface area (Å²) in [7, 11) is 0. The Bertz CT molecular complexity index is 784. The van der Waals surface area contributed by atoms with Gasteiger partial charge < -0.3 is 0 Å². The number of hydrazone groups is 1. The number of carbonyl (C=O) groups is 1. The molecule has 1 aliphatic rings. The van der Waals surface area contributed by atoms with Gasteiger partial charge in [-0.25, -0.2) is 9.82 Å². The van der Waals surface area contributed by atoms with Crippen LogP contribution in [-0.4, -0.2) is 27.2 Å². The fourth-order valence-electron chi connectivity index (χ4n) is 2.50. The summed E-state index contributed by atoms with van der Waals surface area (Å²) < 4.78 is 15.1. The monoisotopic (exact) mass is 332 g/mol. The molecule has 1 N–H and O–H groups in total. The lowest BCUT2D eigenvalue weighted by molar-refractivity contribution is -0.121. The summed E-state index contributed by atoms with van der Waals surface area (Å²) in [5.41, 5.74) is 5.81. The third kappa shape index (κ3) is 3.61. The van der Waals surface area contributed by atoms with Crippen molar-refractivity contribution in [2.75, 3.05) is 5.75 Å². The maximum absolute atomic E-state index is 13.4. The van der Waals surface area contributed by atoms with Crippen molar-refractivity contribution in [1.29, 1.82) is 0 Å². The van der Waals surface area contributed by atoms with E-state index in [-0.39, 0.29) is 18.3 Å². The Hall–Kier alpha value is -2.15. The smallest absolute Gasteiger partial charge is 0.261 e. The number of nitrogens with zero attached hydrogens (tertiary/aromatic N) is 3. The molecule has 2 heterocycles. The Morgan fingerprint density at radius 1 is 1.43 bits per heavy atom. The van der Waals surface area contributed by atoms with Gasteiger partial charge in [0.05, 0.1) is 11.4 Å². The van der Waals surface area contributed by atoms with Gasteiger partial charge >= 0.3 is 0 Å². The van der Waals surface area contributed by atoms with Gasteiger partial charge in [0.1, 0.15) is 12.4 Å². The van der Waals surface area contributed by atoms with Gasteiger partial charge in [-0.05, 0) is 38.1 Å². The van der Waals surface area contributed by atoms with Crippen molar-refractivity contribution >= 4 is 23.4 Å². The fourth-order valence-corrected chi connectivity index (χ4v) is 3.51.